The Labute approximate surface area is 114 Å². The van der Waals surface area contributed by atoms with Crippen LogP contribution in [-0.2, 0) is 0 Å². The summed E-state index contributed by atoms with van der Waals surface area (Å²) >= 11 is 3.35. The van der Waals surface area contributed by atoms with Crippen molar-refractivity contribution in [3.63, 3.8) is 0 Å². The highest BCUT2D eigenvalue weighted by Crippen LogP contribution is 2.20. The molecule has 0 heterocycles. The summed E-state index contributed by atoms with van der Waals surface area (Å²) in [5.74, 6) is 0.236. The molecule has 0 radical (unpaired) electrons. The monoisotopic (exact) mass is 302 g/mol. The Balaban J connectivity index is 2.31. The molecule has 0 bridgehead atoms. The molecule has 0 unspecified atom stereocenters. The lowest BCUT2D eigenvalue weighted by Gasteiger charge is -2.00. The van der Waals surface area contributed by atoms with Gasteiger partial charge in [0.2, 0.25) is 0 Å². The van der Waals surface area contributed by atoms with Gasteiger partial charge in [-0.05, 0) is 29.8 Å². The first-order valence-corrected chi connectivity index (χ1v) is 6.20. The van der Waals surface area contributed by atoms with Crippen LogP contribution in [0.5, 0.6) is 5.75 Å². The molecule has 0 spiro atoms. The van der Waals surface area contributed by atoms with E-state index in [4.69, 9.17) is 0 Å². The number of aromatic hydroxyl groups is 1. The van der Waals surface area contributed by atoms with Gasteiger partial charge in [0, 0.05) is 15.6 Å². The molecule has 2 aromatic carbocycles. The Morgan fingerprint density at radius 2 is 1.72 bits per heavy atom. The SMILES string of the molecule is O=Cc1cc(Br)cc(C=Cc2ccccc2O)c1. The summed E-state index contributed by atoms with van der Waals surface area (Å²) in [7, 11) is 0. The number of hydrogen-bond donors (Lipinski definition) is 1. The van der Waals surface area contributed by atoms with E-state index >= 15 is 0 Å². The molecule has 2 rings (SSSR count). The molecule has 3 heteroatoms. The van der Waals surface area contributed by atoms with Crippen LogP contribution in [0, 0.1) is 0 Å². The Kier molecular flexibility index (Phi) is 3.95. The summed E-state index contributed by atoms with van der Waals surface area (Å²) in [5, 5.41) is 9.63. The fourth-order valence-electron chi connectivity index (χ4n) is 1.61. The zero-order valence-electron chi connectivity index (χ0n) is 9.51. The molecule has 0 aromatic heterocycles. The molecule has 2 nitrogen and oxygen atoms in total. The molecular weight excluding hydrogens is 292 g/mol. The van der Waals surface area contributed by atoms with Crippen LogP contribution in [0.15, 0.2) is 46.9 Å². The lowest BCUT2D eigenvalue weighted by molar-refractivity contribution is 0.112. The van der Waals surface area contributed by atoms with Crippen molar-refractivity contribution < 1.29 is 9.90 Å². The first-order chi connectivity index (χ1) is 8.69. The van der Waals surface area contributed by atoms with E-state index in [0.29, 0.717) is 5.56 Å². The van der Waals surface area contributed by atoms with Crippen molar-refractivity contribution in [1.29, 1.82) is 0 Å². The van der Waals surface area contributed by atoms with Crippen LogP contribution >= 0.6 is 15.9 Å². The molecule has 2 aromatic rings. The number of carbonyl (C=O) groups is 1. The molecule has 0 aliphatic carbocycles. The molecule has 0 saturated heterocycles. The van der Waals surface area contributed by atoms with E-state index in [1.807, 2.05) is 30.4 Å². The highest BCUT2D eigenvalue weighted by atomic mass is 79.9. The van der Waals surface area contributed by atoms with E-state index in [9.17, 15) is 9.90 Å². The quantitative estimate of drug-likeness (QED) is 0.683. The van der Waals surface area contributed by atoms with Gasteiger partial charge in [-0.1, -0.05) is 46.3 Å². The van der Waals surface area contributed by atoms with Crippen LogP contribution in [0.25, 0.3) is 12.2 Å². The summed E-state index contributed by atoms with van der Waals surface area (Å²) in [6.07, 6.45) is 4.47. The molecule has 1 N–H and O–H groups in total. The Hall–Kier alpha value is -1.87. The van der Waals surface area contributed by atoms with Crippen molar-refractivity contribution in [2.75, 3.05) is 0 Å². The standard InChI is InChI=1S/C15H11BrO2/c16-14-8-11(7-12(9-14)10-17)5-6-13-3-1-2-4-15(13)18/h1-10,18H. The largest absolute Gasteiger partial charge is 0.507 e. The second-order valence-corrected chi connectivity index (χ2v) is 4.74. The molecule has 18 heavy (non-hydrogen) atoms. The van der Waals surface area contributed by atoms with Crippen LogP contribution in [0.1, 0.15) is 21.5 Å². The maximum absolute atomic E-state index is 10.8. The minimum Gasteiger partial charge on any atom is -0.507 e. The van der Waals surface area contributed by atoms with Crippen molar-refractivity contribution in [2.45, 2.75) is 0 Å². The van der Waals surface area contributed by atoms with Crippen LogP contribution in [0.4, 0.5) is 0 Å². The van der Waals surface area contributed by atoms with Gasteiger partial charge in [-0.3, -0.25) is 4.79 Å². The van der Waals surface area contributed by atoms with E-state index in [1.54, 1.807) is 24.3 Å². The van der Waals surface area contributed by atoms with Crippen molar-refractivity contribution in [3.05, 3.63) is 63.6 Å². The maximum atomic E-state index is 10.8. The van der Waals surface area contributed by atoms with Crippen molar-refractivity contribution in [3.8, 4) is 5.75 Å². The van der Waals surface area contributed by atoms with Crippen LogP contribution in [0.3, 0.4) is 0 Å². The van der Waals surface area contributed by atoms with Gasteiger partial charge < -0.3 is 5.11 Å². The van der Waals surface area contributed by atoms with Crippen LogP contribution in [-0.4, -0.2) is 11.4 Å². The zero-order valence-corrected chi connectivity index (χ0v) is 11.1. The highest BCUT2D eigenvalue weighted by molar-refractivity contribution is 9.10. The summed E-state index contributed by atoms with van der Waals surface area (Å²) < 4.78 is 0.851. The summed E-state index contributed by atoms with van der Waals surface area (Å²) in [6.45, 7) is 0. The number of hydrogen-bond acceptors (Lipinski definition) is 2. The predicted molar refractivity (Wildman–Crippen MR) is 76.6 cm³/mol. The number of phenols is 1. The van der Waals surface area contributed by atoms with E-state index in [-0.39, 0.29) is 5.75 Å². The number of benzene rings is 2. The lowest BCUT2D eigenvalue weighted by Crippen LogP contribution is -1.82. The number of rotatable bonds is 3. The zero-order chi connectivity index (χ0) is 13.0. The number of para-hydroxylation sites is 1. The third-order valence-electron chi connectivity index (χ3n) is 2.47. The normalized spacial score (nSPS) is 10.7. The van der Waals surface area contributed by atoms with Crippen molar-refractivity contribution in [1.82, 2.24) is 0 Å². The number of halogens is 1. The Morgan fingerprint density at radius 3 is 2.44 bits per heavy atom. The summed E-state index contributed by atoms with van der Waals surface area (Å²) in [5.41, 5.74) is 2.25. The minimum absolute atomic E-state index is 0.236. The first kappa shape index (κ1) is 12.6. The molecule has 0 aliphatic rings. The molecular formula is C15H11BrO2. The fourth-order valence-corrected chi connectivity index (χ4v) is 2.14. The molecule has 0 saturated carbocycles. The van der Waals surface area contributed by atoms with Gasteiger partial charge in [0.15, 0.2) is 0 Å². The highest BCUT2D eigenvalue weighted by Gasteiger charge is 1.97. The van der Waals surface area contributed by atoms with Gasteiger partial charge in [-0.15, -0.1) is 0 Å². The third kappa shape index (κ3) is 3.08. The Bertz CT molecular complexity index is 603. The van der Waals surface area contributed by atoms with Crippen molar-refractivity contribution >= 4 is 34.4 Å². The summed E-state index contributed by atoms with van der Waals surface area (Å²) in [4.78, 5) is 10.8. The third-order valence-corrected chi connectivity index (χ3v) is 2.93. The van der Waals surface area contributed by atoms with E-state index in [0.717, 1.165) is 21.9 Å². The van der Waals surface area contributed by atoms with E-state index in [1.165, 1.54) is 0 Å². The fraction of sp³-hybridized carbons (Fsp3) is 0. The number of phenolic OH excluding ortho intramolecular Hbond substituents is 1. The molecule has 0 amide bonds. The second kappa shape index (κ2) is 5.65. The van der Waals surface area contributed by atoms with Gasteiger partial charge in [-0.2, -0.15) is 0 Å². The average Bonchev–Trinajstić information content (AvgIpc) is 2.37. The van der Waals surface area contributed by atoms with Crippen molar-refractivity contribution in [2.24, 2.45) is 0 Å². The van der Waals surface area contributed by atoms with Crippen LogP contribution < -0.4 is 0 Å². The Morgan fingerprint density at radius 1 is 1.00 bits per heavy atom. The second-order valence-electron chi connectivity index (χ2n) is 3.83. The van der Waals surface area contributed by atoms with Gasteiger partial charge >= 0.3 is 0 Å². The van der Waals surface area contributed by atoms with E-state index in [2.05, 4.69) is 15.9 Å². The van der Waals surface area contributed by atoms with Gasteiger partial charge in [0.1, 0.15) is 12.0 Å². The number of aldehydes is 1. The molecule has 0 atom stereocenters. The molecule has 0 fully saturated rings. The lowest BCUT2D eigenvalue weighted by atomic mass is 10.1. The molecule has 0 aliphatic heterocycles. The van der Waals surface area contributed by atoms with Gasteiger partial charge in [0.25, 0.3) is 0 Å². The predicted octanol–water partition coefficient (Wildman–Crippen LogP) is 4.14. The first-order valence-electron chi connectivity index (χ1n) is 5.41. The summed E-state index contributed by atoms with van der Waals surface area (Å²) in [6, 6.07) is 12.5. The van der Waals surface area contributed by atoms with E-state index < -0.39 is 0 Å². The van der Waals surface area contributed by atoms with Gasteiger partial charge in [0.05, 0.1) is 0 Å². The minimum atomic E-state index is 0.236. The van der Waals surface area contributed by atoms with Crippen LogP contribution in [0.2, 0.25) is 0 Å². The maximum Gasteiger partial charge on any atom is 0.150 e. The number of carbonyl (C=O) groups excluding carboxylic acids is 1. The topological polar surface area (TPSA) is 37.3 Å². The smallest absolute Gasteiger partial charge is 0.150 e. The molecule has 90 valence electrons. The average molecular weight is 303 g/mol. The van der Waals surface area contributed by atoms with Gasteiger partial charge in [-0.25, -0.2) is 0 Å².